The average Bonchev–Trinajstić information content (AvgIpc) is 3.29. The maximum Gasteiger partial charge on any atom is 0.286 e. The first kappa shape index (κ1) is 17.8. The monoisotopic (exact) mass is 373 g/mol. The van der Waals surface area contributed by atoms with Gasteiger partial charge in [-0.25, -0.2) is 9.37 Å². The van der Waals surface area contributed by atoms with Crippen LogP contribution in [-0.4, -0.2) is 23.3 Å². The smallest absolute Gasteiger partial charge is 0.286 e. The number of anilines is 1. The number of benzene rings is 1. The van der Waals surface area contributed by atoms with Crippen LogP contribution in [-0.2, 0) is 11.2 Å². The van der Waals surface area contributed by atoms with Crippen LogP contribution >= 0.6 is 11.3 Å². The van der Waals surface area contributed by atoms with Gasteiger partial charge in [0.15, 0.2) is 10.9 Å². The molecule has 0 spiro atoms. The number of amides is 2. The highest BCUT2D eigenvalue weighted by Crippen LogP contribution is 2.21. The van der Waals surface area contributed by atoms with E-state index in [-0.39, 0.29) is 36.4 Å². The molecule has 0 bridgehead atoms. The van der Waals surface area contributed by atoms with Crippen molar-refractivity contribution < 1.29 is 18.4 Å². The summed E-state index contributed by atoms with van der Waals surface area (Å²) in [5.41, 5.74) is 0.966. The van der Waals surface area contributed by atoms with Crippen LogP contribution in [0.15, 0.2) is 53.3 Å². The Kier molecular flexibility index (Phi) is 5.75. The molecule has 2 aromatic heterocycles. The van der Waals surface area contributed by atoms with Crippen molar-refractivity contribution in [1.29, 1.82) is 0 Å². The summed E-state index contributed by atoms with van der Waals surface area (Å²) in [4.78, 5) is 28.7. The zero-order valence-electron chi connectivity index (χ0n) is 13.7. The standard InChI is InChI=1S/C18H16FN3O3S/c19-13-5-3-12(4-6-13)10-14-11-21-18(26-14)22-16(23)7-8-20-17(24)15-2-1-9-25-15/h1-6,9,11H,7-8,10H2,(H,20,24)(H,21,22,23). The molecule has 0 fully saturated rings. The summed E-state index contributed by atoms with van der Waals surface area (Å²) in [6.07, 6.45) is 3.84. The van der Waals surface area contributed by atoms with E-state index >= 15 is 0 Å². The molecular weight excluding hydrogens is 357 g/mol. The molecule has 3 aromatic rings. The van der Waals surface area contributed by atoms with Crippen molar-refractivity contribution in [2.24, 2.45) is 0 Å². The number of halogens is 1. The van der Waals surface area contributed by atoms with Gasteiger partial charge in [-0.1, -0.05) is 12.1 Å². The van der Waals surface area contributed by atoms with Gasteiger partial charge in [-0.3, -0.25) is 9.59 Å². The molecule has 0 saturated heterocycles. The van der Waals surface area contributed by atoms with Crippen molar-refractivity contribution in [2.45, 2.75) is 12.8 Å². The Morgan fingerprint density at radius 1 is 1.19 bits per heavy atom. The molecule has 0 unspecified atom stereocenters. The van der Waals surface area contributed by atoms with E-state index in [1.165, 1.54) is 29.7 Å². The minimum Gasteiger partial charge on any atom is -0.459 e. The van der Waals surface area contributed by atoms with Crippen molar-refractivity contribution in [1.82, 2.24) is 10.3 Å². The summed E-state index contributed by atoms with van der Waals surface area (Å²) < 4.78 is 17.9. The van der Waals surface area contributed by atoms with Gasteiger partial charge in [0.2, 0.25) is 5.91 Å². The van der Waals surface area contributed by atoms with Crippen molar-refractivity contribution >= 4 is 28.3 Å². The number of aromatic nitrogens is 1. The fraction of sp³-hybridized carbons (Fsp3) is 0.167. The summed E-state index contributed by atoms with van der Waals surface area (Å²) in [7, 11) is 0. The van der Waals surface area contributed by atoms with E-state index in [1.807, 2.05) is 0 Å². The van der Waals surface area contributed by atoms with Gasteiger partial charge in [0.05, 0.1) is 6.26 Å². The van der Waals surface area contributed by atoms with Gasteiger partial charge in [0.1, 0.15) is 5.82 Å². The molecule has 8 heteroatoms. The summed E-state index contributed by atoms with van der Waals surface area (Å²) >= 11 is 1.36. The zero-order chi connectivity index (χ0) is 18.4. The van der Waals surface area contributed by atoms with Crippen molar-refractivity contribution in [3.8, 4) is 0 Å². The Morgan fingerprint density at radius 2 is 2.00 bits per heavy atom. The van der Waals surface area contributed by atoms with Crippen LogP contribution in [0.3, 0.4) is 0 Å². The number of rotatable bonds is 7. The van der Waals surface area contributed by atoms with E-state index in [0.717, 1.165) is 10.4 Å². The van der Waals surface area contributed by atoms with E-state index in [4.69, 9.17) is 4.42 Å². The molecule has 3 rings (SSSR count). The number of thiazole rings is 1. The first-order valence-corrected chi connectivity index (χ1v) is 8.72. The second kappa shape index (κ2) is 8.39. The van der Waals surface area contributed by atoms with Gasteiger partial charge in [-0.05, 0) is 29.8 Å². The van der Waals surface area contributed by atoms with E-state index in [2.05, 4.69) is 15.6 Å². The number of furan rings is 1. The molecule has 6 nitrogen and oxygen atoms in total. The van der Waals surface area contributed by atoms with Crippen LogP contribution in [0, 0.1) is 5.82 Å². The van der Waals surface area contributed by atoms with Gasteiger partial charge in [-0.2, -0.15) is 0 Å². The Hall–Kier alpha value is -3.00. The van der Waals surface area contributed by atoms with Gasteiger partial charge < -0.3 is 15.1 Å². The zero-order valence-corrected chi connectivity index (χ0v) is 14.5. The quantitative estimate of drug-likeness (QED) is 0.666. The molecule has 2 N–H and O–H groups in total. The Labute approximate surface area is 153 Å². The first-order chi connectivity index (χ1) is 12.6. The highest BCUT2D eigenvalue weighted by atomic mass is 32.1. The lowest BCUT2D eigenvalue weighted by Gasteiger charge is -2.03. The Balaban J connectivity index is 1.44. The van der Waals surface area contributed by atoms with Crippen molar-refractivity contribution in [2.75, 3.05) is 11.9 Å². The highest BCUT2D eigenvalue weighted by molar-refractivity contribution is 7.15. The topological polar surface area (TPSA) is 84.2 Å². The van der Waals surface area contributed by atoms with Crippen LogP contribution in [0.25, 0.3) is 0 Å². The molecule has 0 saturated carbocycles. The van der Waals surface area contributed by atoms with Gasteiger partial charge >= 0.3 is 0 Å². The van der Waals surface area contributed by atoms with Crippen molar-refractivity contribution in [3.63, 3.8) is 0 Å². The molecule has 2 amide bonds. The fourth-order valence-electron chi connectivity index (χ4n) is 2.22. The maximum absolute atomic E-state index is 12.9. The van der Waals surface area contributed by atoms with E-state index in [9.17, 15) is 14.0 Å². The minimum absolute atomic E-state index is 0.124. The van der Waals surface area contributed by atoms with Crippen LogP contribution in [0.5, 0.6) is 0 Å². The number of hydrogen-bond donors (Lipinski definition) is 2. The molecule has 26 heavy (non-hydrogen) atoms. The molecule has 0 aliphatic rings. The largest absolute Gasteiger partial charge is 0.459 e. The molecule has 2 heterocycles. The average molecular weight is 373 g/mol. The number of carbonyl (C=O) groups excluding carboxylic acids is 2. The van der Waals surface area contributed by atoms with Crippen LogP contribution in [0.4, 0.5) is 9.52 Å². The molecular formula is C18H16FN3O3S. The maximum atomic E-state index is 12.9. The second-order valence-corrected chi connectivity index (χ2v) is 6.58. The lowest BCUT2D eigenvalue weighted by Crippen LogP contribution is -2.27. The Morgan fingerprint density at radius 3 is 2.73 bits per heavy atom. The third kappa shape index (κ3) is 5.00. The summed E-state index contributed by atoms with van der Waals surface area (Å²) in [6, 6.07) is 9.43. The first-order valence-electron chi connectivity index (χ1n) is 7.91. The fourth-order valence-corrected chi connectivity index (χ4v) is 3.08. The van der Waals surface area contributed by atoms with Gasteiger partial charge in [0.25, 0.3) is 5.91 Å². The lowest BCUT2D eigenvalue weighted by molar-refractivity contribution is -0.116. The number of nitrogens with zero attached hydrogens (tertiary/aromatic N) is 1. The number of hydrogen-bond acceptors (Lipinski definition) is 5. The SMILES string of the molecule is O=C(CCNC(=O)c1ccco1)Nc1ncc(Cc2ccc(F)cc2)s1. The van der Waals surface area contributed by atoms with Gasteiger partial charge in [0, 0.05) is 30.5 Å². The van der Waals surface area contributed by atoms with E-state index in [0.29, 0.717) is 11.6 Å². The third-order valence-corrected chi connectivity index (χ3v) is 4.39. The molecule has 134 valence electrons. The molecule has 0 aliphatic carbocycles. The predicted octanol–water partition coefficient (Wildman–Crippen LogP) is 3.22. The molecule has 0 radical (unpaired) electrons. The van der Waals surface area contributed by atoms with Crippen LogP contribution in [0.2, 0.25) is 0 Å². The lowest BCUT2D eigenvalue weighted by atomic mass is 10.1. The summed E-state index contributed by atoms with van der Waals surface area (Å²) in [5, 5.41) is 5.79. The summed E-state index contributed by atoms with van der Waals surface area (Å²) in [5.74, 6) is -0.674. The number of carbonyl (C=O) groups is 2. The van der Waals surface area contributed by atoms with Crippen molar-refractivity contribution in [3.05, 3.63) is 70.9 Å². The second-order valence-electron chi connectivity index (χ2n) is 5.47. The molecule has 1 aromatic carbocycles. The molecule has 0 aliphatic heterocycles. The normalized spacial score (nSPS) is 10.5. The number of nitrogens with one attached hydrogen (secondary N) is 2. The van der Waals surface area contributed by atoms with Crippen LogP contribution < -0.4 is 10.6 Å². The molecule has 0 atom stereocenters. The third-order valence-electron chi connectivity index (χ3n) is 3.47. The minimum atomic E-state index is -0.362. The van der Waals surface area contributed by atoms with Crippen LogP contribution in [0.1, 0.15) is 27.4 Å². The highest BCUT2D eigenvalue weighted by Gasteiger charge is 2.10. The Bertz CT molecular complexity index is 875. The van der Waals surface area contributed by atoms with Gasteiger partial charge in [-0.15, -0.1) is 11.3 Å². The predicted molar refractivity (Wildman–Crippen MR) is 95.6 cm³/mol. The summed E-state index contributed by atoms with van der Waals surface area (Å²) in [6.45, 7) is 0.194. The van der Waals surface area contributed by atoms with E-state index < -0.39 is 0 Å². The van der Waals surface area contributed by atoms with E-state index in [1.54, 1.807) is 30.5 Å².